The summed E-state index contributed by atoms with van der Waals surface area (Å²) in [4.78, 5) is 40.8. The first-order valence-corrected chi connectivity index (χ1v) is 11.4. The summed E-state index contributed by atoms with van der Waals surface area (Å²) in [5.74, 6) is -2.11. The summed E-state index contributed by atoms with van der Waals surface area (Å²) in [7, 11) is 0. The van der Waals surface area contributed by atoms with Gasteiger partial charge >= 0.3 is 5.97 Å². The molecule has 0 heterocycles. The summed E-state index contributed by atoms with van der Waals surface area (Å²) in [6, 6.07) is 23.8. The SMILES string of the molecule is N#CNC(=NCc1ccccc1)Nc1cccc(C(=O)NCC(=O)NC(Cc2ccccc2)C(=O)O)c1. The summed E-state index contributed by atoms with van der Waals surface area (Å²) >= 11 is 0. The third-order valence-corrected chi connectivity index (χ3v) is 5.15. The Kier molecular flexibility index (Phi) is 9.75. The van der Waals surface area contributed by atoms with Crippen LogP contribution in [0.4, 0.5) is 5.69 Å². The summed E-state index contributed by atoms with van der Waals surface area (Å²) in [6.07, 6.45) is 1.94. The van der Waals surface area contributed by atoms with Gasteiger partial charge in [-0.3, -0.25) is 14.9 Å². The quantitative estimate of drug-likeness (QED) is 0.124. The molecule has 2 amide bonds. The lowest BCUT2D eigenvalue weighted by atomic mass is 10.1. The van der Waals surface area contributed by atoms with Crippen molar-refractivity contribution < 1.29 is 19.5 Å². The number of nitrogens with one attached hydrogen (secondary N) is 4. The molecule has 188 valence electrons. The molecule has 0 saturated heterocycles. The number of aliphatic imine (C=N–C) groups is 1. The van der Waals surface area contributed by atoms with E-state index < -0.39 is 30.4 Å². The molecule has 1 unspecified atom stereocenters. The lowest BCUT2D eigenvalue weighted by molar-refractivity contribution is -0.141. The van der Waals surface area contributed by atoms with Gasteiger partial charge in [-0.25, -0.2) is 9.79 Å². The maximum absolute atomic E-state index is 12.6. The largest absolute Gasteiger partial charge is 0.480 e. The van der Waals surface area contributed by atoms with Crippen molar-refractivity contribution in [3.63, 3.8) is 0 Å². The Bertz CT molecular complexity index is 1290. The van der Waals surface area contributed by atoms with Crippen LogP contribution in [0.5, 0.6) is 0 Å². The number of hydrogen-bond donors (Lipinski definition) is 5. The first-order chi connectivity index (χ1) is 17.9. The standard InChI is InChI=1S/C27H26N6O4/c28-18-31-27(30-16-20-10-5-2-6-11-20)32-22-13-7-12-21(15-22)25(35)29-17-24(34)33-23(26(36)37)14-19-8-3-1-4-9-19/h1-13,15,23H,14,16-17H2,(H,29,35)(H,33,34)(H,36,37)(H2,30,31,32). The molecule has 0 fully saturated rings. The van der Waals surface area contributed by atoms with Crippen LogP contribution in [0.1, 0.15) is 21.5 Å². The topological polar surface area (TPSA) is 156 Å². The fourth-order valence-corrected chi connectivity index (χ4v) is 3.35. The number of hydrogen-bond acceptors (Lipinski definition) is 5. The molecule has 0 bridgehead atoms. The molecule has 37 heavy (non-hydrogen) atoms. The zero-order chi connectivity index (χ0) is 26.5. The maximum Gasteiger partial charge on any atom is 0.326 e. The number of carbonyl (C=O) groups is 3. The Morgan fingerprint density at radius 3 is 2.24 bits per heavy atom. The van der Waals surface area contributed by atoms with Crippen molar-refractivity contribution in [3.05, 3.63) is 102 Å². The van der Waals surface area contributed by atoms with Crippen LogP contribution in [0.15, 0.2) is 89.9 Å². The summed E-state index contributed by atoms with van der Waals surface area (Å²) in [5.41, 5.74) is 2.49. The smallest absolute Gasteiger partial charge is 0.326 e. The second kappa shape index (κ2) is 13.7. The Morgan fingerprint density at radius 2 is 1.59 bits per heavy atom. The van der Waals surface area contributed by atoms with Crippen LogP contribution in [0.25, 0.3) is 0 Å². The van der Waals surface area contributed by atoms with Gasteiger partial charge in [0.15, 0.2) is 6.19 Å². The van der Waals surface area contributed by atoms with Crippen LogP contribution in [-0.4, -0.2) is 41.4 Å². The average molecular weight is 499 g/mol. The molecule has 0 aliphatic carbocycles. The Balaban J connectivity index is 1.56. The fraction of sp³-hybridized carbons (Fsp3) is 0.148. The van der Waals surface area contributed by atoms with Crippen LogP contribution in [0.2, 0.25) is 0 Å². The van der Waals surface area contributed by atoms with E-state index in [2.05, 4.69) is 26.3 Å². The molecule has 0 aliphatic rings. The Hall–Kier alpha value is -5.17. The zero-order valence-electron chi connectivity index (χ0n) is 19.8. The van der Waals surface area contributed by atoms with E-state index in [-0.39, 0.29) is 17.9 Å². The molecule has 0 aromatic heterocycles. The lowest BCUT2D eigenvalue weighted by Crippen LogP contribution is -2.46. The molecule has 5 N–H and O–H groups in total. The third-order valence-electron chi connectivity index (χ3n) is 5.15. The van der Waals surface area contributed by atoms with E-state index in [9.17, 15) is 19.5 Å². The maximum atomic E-state index is 12.6. The van der Waals surface area contributed by atoms with Crippen LogP contribution in [0.3, 0.4) is 0 Å². The molecular weight excluding hydrogens is 472 g/mol. The number of guanidine groups is 1. The van der Waals surface area contributed by atoms with Gasteiger partial charge in [0, 0.05) is 17.7 Å². The van der Waals surface area contributed by atoms with E-state index in [1.807, 2.05) is 42.6 Å². The highest BCUT2D eigenvalue weighted by Gasteiger charge is 2.20. The number of carboxylic acids is 1. The summed E-state index contributed by atoms with van der Waals surface area (Å²) in [5, 5.41) is 28.8. The first kappa shape index (κ1) is 26.4. The van der Waals surface area contributed by atoms with Gasteiger partial charge in [-0.2, -0.15) is 5.26 Å². The van der Waals surface area contributed by atoms with E-state index >= 15 is 0 Å². The van der Waals surface area contributed by atoms with Gasteiger partial charge in [-0.1, -0.05) is 66.7 Å². The van der Waals surface area contributed by atoms with Gasteiger partial charge in [-0.15, -0.1) is 0 Å². The van der Waals surface area contributed by atoms with E-state index in [0.29, 0.717) is 12.2 Å². The minimum absolute atomic E-state index is 0.120. The number of carbonyl (C=O) groups excluding carboxylic acids is 2. The minimum Gasteiger partial charge on any atom is -0.480 e. The van der Waals surface area contributed by atoms with Gasteiger partial charge in [0.1, 0.15) is 6.04 Å². The minimum atomic E-state index is -1.17. The van der Waals surface area contributed by atoms with Crippen molar-refractivity contribution in [1.29, 1.82) is 5.26 Å². The molecule has 0 aliphatic heterocycles. The van der Waals surface area contributed by atoms with Crippen molar-refractivity contribution in [2.75, 3.05) is 11.9 Å². The van der Waals surface area contributed by atoms with Crippen molar-refractivity contribution in [1.82, 2.24) is 16.0 Å². The van der Waals surface area contributed by atoms with Gasteiger partial charge in [0.05, 0.1) is 13.1 Å². The van der Waals surface area contributed by atoms with Crippen molar-refractivity contribution in [2.24, 2.45) is 4.99 Å². The number of aliphatic carboxylic acids is 1. The number of amides is 2. The normalized spacial score (nSPS) is 11.5. The number of nitrogens with zero attached hydrogens (tertiary/aromatic N) is 2. The number of anilines is 1. The summed E-state index contributed by atoms with van der Waals surface area (Å²) in [6.45, 7) is -0.0520. The Morgan fingerprint density at radius 1 is 0.919 bits per heavy atom. The van der Waals surface area contributed by atoms with Crippen molar-refractivity contribution in [2.45, 2.75) is 19.0 Å². The average Bonchev–Trinajstić information content (AvgIpc) is 2.91. The van der Waals surface area contributed by atoms with E-state index in [0.717, 1.165) is 11.1 Å². The highest BCUT2D eigenvalue weighted by molar-refractivity contribution is 5.99. The number of benzene rings is 3. The van der Waals surface area contributed by atoms with E-state index in [1.54, 1.807) is 48.5 Å². The molecule has 0 spiro atoms. The molecular formula is C27H26N6O4. The molecule has 3 aromatic rings. The summed E-state index contributed by atoms with van der Waals surface area (Å²) < 4.78 is 0. The number of carboxylic acid groups (broad SMARTS) is 1. The van der Waals surface area contributed by atoms with Gasteiger partial charge in [0.2, 0.25) is 11.9 Å². The van der Waals surface area contributed by atoms with Gasteiger partial charge in [0.25, 0.3) is 5.91 Å². The van der Waals surface area contributed by atoms with Crippen LogP contribution >= 0.6 is 0 Å². The number of rotatable bonds is 10. The molecule has 0 radical (unpaired) electrons. The second-order valence-electron chi connectivity index (χ2n) is 7.92. The van der Waals surface area contributed by atoms with E-state index in [4.69, 9.17) is 5.26 Å². The predicted octanol–water partition coefficient (Wildman–Crippen LogP) is 2.27. The van der Waals surface area contributed by atoms with Crippen molar-refractivity contribution in [3.8, 4) is 6.19 Å². The molecule has 10 nitrogen and oxygen atoms in total. The second-order valence-corrected chi connectivity index (χ2v) is 7.92. The van der Waals surface area contributed by atoms with Gasteiger partial charge in [-0.05, 0) is 29.3 Å². The lowest BCUT2D eigenvalue weighted by Gasteiger charge is -2.15. The van der Waals surface area contributed by atoms with Crippen LogP contribution in [0, 0.1) is 11.5 Å². The van der Waals surface area contributed by atoms with Gasteiger partial charge < -0.3 is 21.1 Å². The number of nitriles is 1. The Labute approximate surface area is 214 Å². The molecule has 10 heteroatoms. The molecule has 3 aromatic carbocycles. The first-order valence-electron chi connectivity index (χ1n) is 11.4. The highest BCUT2D eigenvalue weighted by Crippen LogP contribution is 2.11. The van der Waals surface area contributed by atoms with Crippen LogP contribution < -0.4 is 21.3 Å². The third kappa shape index (κ3) is 8.84. The monoisotopic (exact) mass is 498 g/mol. The molecule has 3 rings (SSSR count). The molecule has 0 saturated carbocycles. The molecule has 1 atom stereocenters. The zero-order valence-corrected chi connectivity index (χ0v) is 19.8. The fourth-order valence-electron chi connectivity index (χ4n) is 3.35. The highest BCUT2D eigenvalue weighted by atomic mass is 16.4. The van der Waals surface area contributed by atoms with Crippen molar-refractivity contribution >= 4 is 29.4 Å². The predicted molar refractivity (Wildman–Crippen MR) is 138 cm³/mol. The van der Waals surface area contributed by atoms with Crippen LogP contribution in [-0.2, 0) is 22.6 Å². The van der Waals surface area contributed by atoms with E-state index in [1.165, 1.54) is 0 Å².